The number of nitrogens with one attached hydrogen (secondary N) is 1. The van der Waals surface area contributed by atoms with Crippen molar-refractivity contribution in [1.82, 2.24) is 30.2 Å². The van der Waals surface area contributed by atoms with Gasteiger partial charge in [0.1, 0.15) is 11.5 Å². The number of carbonyl (C=O) groups is 2. The normalized spacial score (nSPS) is 11.0. The number of rotatable bonds is 10. The van der Waals surface area contributed by atoms with Gasteiger partial charge in [-0.15, -0.1) is 16.4 Å². The van der Waals surface area contributed by atoms with E-state index in [4.69, 9.17) is 0 Å². The Bertz CT molecular complexity index is 1270. The largest absolute Gasteiger partial charge is 0.478 e. The van der Waals surface area contributed by atoms with Crippen LogP contribution in [0.5, 0.6) is 0 Å². The van der Waals surface area contributed by atoms with Crippen LogP contribution in [0, 0.1) is 0 Å². The van der Waals surface area contributed by atoms with E-state index in [1.165, 1.54) is 16.2 Å². The van der Waals surface area contributed by atoms with Gasteiger partial charge in [-0.3, -0.25) is 9.69 Å². The number of amides is 1. The van der Waals surface area contributed by atoms with Crippen molar-refractivity contribution in [2.75, 3.05) is 4.90 Å². The average molecular weight is 544 g/mol. The fourth-order valence-corrected chi connectivity index (χ4v) is 4.94. The number of anilines is 1. The number of H-pyrrole nitrogens is 1. The van der Waals surface area contributed by atoms with E-state index in [1.807, 2.05) is 16.7 Å². The molecule has 176 valence electrons. The molecule has 0 saturated carbocycles. The molecule has 0 bridgehead atoms. The van der Waals surface area contributed by atoms with Crippen molar-refractivity contribution < 1.29 is 14.7 Å². The van der Waals surface area contributed by atoms with E-state index in [2.05, 4.69) is 48.5 Å². The summed E-state index contributed by atoms with van der Waals surface area (Å²) < 4.78 is 2.84. The number of imidazole rings is 1. The summed E-state index contributed by atoms with van der Waals surface area (Å²) in [6, 6.07) is 10.5. The molecule has 0 aliphatic heterocycles. The Morgan fingerprint density at radius 1 is 1.21 bits per heavy atom. The quantitative estimate of drug-likeness (QED) is 0.307. The van der Waals surface area contributed by atoms with Crippen LogP contribution in [0.4, 0.5) is 5.95 Å². The first-order valence-corrected chi connectivity index (χ1v) is 12.2. The Hall–Kier alpha value is -3.38. The molecule has 0 spiro atoms. The fourth-order valence-electron chi connectivity index (χ4n) is 3.47. The van der Waals surface area contributed by atoms with Crippen LogP contribution >= 0.6 is 27.3 Å². The maximum Gasteiger partial charge on any atom is 0.335 e. The number of aromatic carboxylic acids is 1. The number of carbonyl (C=O) groups excluding carboxylic acids is 1. The van der Waals surface area contributed by atoms with E-state index < -0.39 is 5.97 Å². The van der Waals surface area contributed by atoms with Gasteiger partial charge in [-0.2, -0.15) is 5.21 Å². The molecule has 0 aliphatic rings. The first-order chi connectivity index (χ1) is 16.5. The third kappa shape index (κ3) is 5.39. The number of tetrazole rings is 1. The second kappa shape index (κ2) is 10.7. The van der Waals surface area contributed by atoms with E-state index >= 15 is 0 Å². The van der Waals surface area contributed by atoms with Gasteiger partial charge in [-0.1, -0.05) is 30.6 Å². The smallest absolute Gasteiger partial charge is 0.335 e. The summed E-state index contributed by atoms with van der Waals surface area (Å²) in [6.45, 7) is 2.75. The maximum absolute atomic E-state index is 13.8. The standard InChI is InChI=1S/C22H22BrN7O3S/c1-2-3-4-19-24-11-17(29(19)12-14-5-7-15(8-6-14)21(32)33)20(31)30(22-25-27-28-26-22)13-16-9-10-18(23)34-16/h5-11H,2-4,12-13H2,1H3,(H,32,33)(H,25,26,27,28). The number of aryl methyl sites for hydroxylation is 1. The lowest BCUT2D eigenvalue weighted by Gasteiger charge is -2.19. The molecule has 3 aromatic heterocycles. The second-order valence-corrected chi connectivity index (χ2v) is 10.1. The van der Waals surface area contributed by atoms with Crippen LogP contribution in [-0.4, -0.2) is 47.2 Å². The lowest BCUT2D eigenvalue weighted by molar-refractivity contribution is 0.0696. The van der Waals surface area contributed by atoms with Gasteiger partial charge in [0.2, 0.25) is 0 Å². The molecule has 0 fully saturated rings. The van der Waals surface area contributed by atoms with Gasteiger partial charge in [0.15, 0.2) is 0 Å². The first-order valence-electron chi connectivity index (χ1n) is 10.6. The molecule has 3 heterocycles. The number of aromatic amines is 1. The van der Waals surface area contributed by atoms with Gasteiger partial charge in [0.05, 0.1) is 22.1 Å². The first kappa shape index (κ1) is 23.8. The second-order valence-electron chi connectivity index (χ2n) is 7.56. The van der Waals surface area contributed by atoms with E-state index in [1.54, 1.807) is 30.5 Å². The van der Waals surface area contributed by atoms with Crippen molar-refractivity contribution in [3.8, 4) is 0 Å². The predicted molar refractivity (Wildman–Crippen MR) is 130 cm³/mol. The minimum atomic E-state index is -0.982. The van der Waals surface area contributed by atoms with Gasteiger partial charge in [0, 0.05) is 17.8 Å². The molecular weight excluding hydrogens is 522 g/mol. The van der Waals surface area contributed by atoms with Crippen LogP contribution in [0.1, 0.15) is 56.9 Å². The SMILES string of the molecule is CCCCc1ncc(C(=O)N(Cc2ccc(Br)s2)c2nn[nH]n2)n1Cc1ccc(C(=O)O)cc1. The summed E-state index contributed by atoms with van der Waals surface area (Å²) in [5.41, 5.74) is 1.47. The van der Waals surface area contributed by atoms with E-state index in [0.717, 1.165) is 39.3 Å². The zero-order chi connectivity index (χ0) is 24.1. The van der Waals surface area contributed by atoms with Crippen molar-refractivity contribution in [1.29, 1.82) is 0 Å². The van der Waals surface area contributed by atoms with Crippen LogP contribution in [0.3, 0.4) is 0 Å². The molecule has 1 aromatic carbocycles. The molecule has 4 rings (SSSR count). The fraction of sp³-hybridized carbons (Fsp3) is 0.273. The lowest BCUT2D eigenvalue weighted by Crippen LogP contribution is -2.33. The number of benzene rings is 1. The molecule has 34 heavy (non-hydrogen) atoms. The van der Waals surface area contributed by atoms with Gasteiger partial charge in [-0.25, -0.2) is 9.78 Å². The molecule has 0 atom stereocenters. The third-order valence-electron chi connectivity index (χ3n) is 5.22. The summed E-state index contributed by atoms with van der Waals surface area (Å²) >= 11 is 4.98. The molecule has 1 amide bonds. The van der Waals surface area contributed by atoms with E-state index in [9.17, 15) is 14.7 Å². The highest BCUT2D eigenvalue weighted by Gasteiger charge is 2.26. The molecule has 2 N–H and O–H groups in total. The maximum atomic E-state index is 13.8. The topological polar surface area (TPSA) is 130 Å². The van der Waals surface area contributed by atoms with E-state index in [-0.39, 0.29) is 24.0 Å². The Kier molecular flexibility index (Phi) is 7.48. The number of aromatic nitrogens is 6. The molecular formula is C22H22BrN7O3S. The molecule has 12 heteroatoms. The number of carboxylic acids is 1. The molecule has 10 nitrogen and oxygen atoms in total. The Balaban J connectivity index is 1.68. The number of unbranched alkanes of at least 4 members (excludes halogenated alkanes) is 1. The van der Waals surface area contributed by atoms with Crippen LogP contribution < -0.4 is 4.90 Å². The summed E-state index contributed by atoms with van der Waals surface area (Å²) in [6.07, 6.45) is 4.22. The Morgan fingerprint density at radius 3 is 2.62 bits per heavy atom. The van der Waals surface area contributed by atoms with Crippen LogP contribution in [-0.2, 0) is 19.5 Å². The van der Waals surface area contributed by atoms with Crippen molar-refractivity contribution in [2.24, 2.45) is 0 Å². The van der Waals surface area contributed by atoms with Crippen molar-refractivity contribution in [2.45, 2.75) is 39.3 Å². The predicted octanol–water partition coefficient (Wildman–Crippen LogP) is 4.16. The monoisotopic (exact) mass is 543 g/mol. The Morgan fingerprint density at radius 2 is 2.00 bits per heavy atom. The van der Waals surface area contributed by atoms with Crippen LogP contribution in [0.2, 0.25) is 0 Å². The highest BCUT2D eigenvalue weighted by Crippen LogP contribution is 2.25. The third-order valence-corrected chi connectivity index (χ3v) is 6.82. The molecule has 0 saturated heterocycles. The molecule has 0 unspecified atom stereocenters. The minimum absolute atomic E-state index is 0.170. The van der Waals surface area contributed by atoms with Crippen molar-refractivity contribution in [3.05, 3.63) is 73.9 Å². The van der Waals surface area contributed by atoms with Gasteiger partial charge in [-0.05, 0) is 57.4 Å². The lowest BCUT2D eigenvalue weighted by atomic mass is 10.1. The van der Waals surface area contributed by atoms with Crippen LogP contribution in [0.15, 0.2) is 46.4 Å². The van der Waals surface area contributed by atoms with Crippen molar-refractivity contribution in [3.63, 3.8) is 0 Å². The minimum Gasteiger partial charge on any atom is -0.478 e. The highest BCUT2D eigenvalue weighted by atomic mass is 79.9. The summed E-state index contributed by atoms with van der Waals surface area (Å²) in [4.78, 5) is 31.9. The zero-order valence-corrected chi connectivity index (χ0v) is 20.7. The number of halogens is 1. The number of thiophene rings is 1. The van der Waals surface area contributed by atoms with Gasteiger partial charge < -0.3 is 9.67 Å². The summed E-state index contributed by atoms with van der Waals surface area (Å²) in [5.74, 6) is -0.324. The summed E-state index contributed by atoms with van der Waals surface area (Å²) in [7, 11) is 0. The number of nitrogens with zero attached hydrogens (tertiary/aromatic N) is 6. The van der Waals surface area contributed by atoms with Gasteiger partial charge in [0.25, 0.3) is 11.9 Å². The number of carboxylic acid groups (broad SMARTS) is 1. The number of hydrogen-bond donors (Lipinski definition) is 2. The number of hydrogen-bond acceptors (Lipinski definition) is 7. The molecule has 0 radical (unpaired) electrons. The molecule has 0 aliphatic carbocycles. The molecule has 4 aromatic rings. The Labute approximate surface area is 207 Å². The zero-order valence-electron chi connectivity index (χ0n) is 18.3. The van der Waals surface area contributed by atoms with Crippen molar-refractivity contribution >= 4 is 45.1 Å². The van der Waals surface area contributed by atoms with E-state index in [0.29, 0.717) is 12.2 Å². The average Bonchev–Trinajstić information content (AvgIpc) is 3.58. The summed E-state index contributed by atoms with van der Waals surface area (Å²) in [5, 5.41) is 23.3. The highest BCUT2D eigenvalue weighted by molar-refractivity contribution is 9.11. The van der Waals surface area contributed by atoms with Crippen LogP contribution in [0.25, 0.3) is 0 Å². The van der Waals surface area contributed by atoms with Gasteiger partial charge >= 0.3 is 5.97 Å².